The molecule has 0 aromatic rings. The first-order valence-electron chi connectivity index (χ1n) is 17.5. The van der Waals surface area contributed by atoms with Crippen molar-refractivity contribution < 1.29 is 52.5 Å². The minimum absolute atomic E-state index is 0.0854. The lowest BCUT2D eigenvalue weighted by atomic mass is 9.86. The van der Waals surface area contributed by atoms with Crippen LogP contribution in [-0.2, 0) is 52.5 Å². The van der Waals surface area contributed by atoms with Crippen LogP contribution in [0.2, 0.25) is 0 Å². The summed E-state index contributed by atoms with van der Waals surface area (Å²) in [4.78, 5) is 74.8. The van der Waals surface area contributed by atoms with Gasteiger partial charge in [-0.15, -0.1) is 0 Å². The summed E-state index contributed by atoms with van der Waals surface area (Å²) in [7, 11) is 0. The second-order valence-corrected chi connectivity index (χ2v) is 14.5. The lowest BCUT2D eigenvalue weighted by molar-refractivity contribution is -0.277. The van der Waals surface area contributed by atoms with Crippen LogP contribution in [0.1, 0.15) is 113 Å². The number of carbonyl (C=O) groups excluding carboxylic acids is 6. The van der Waals surface area contributed by atoms with Crippen molar-refractivity contribution >= 4 is 35.6 Å². The van der Waals surface area contributed by atoms with E-state index in [9.17, 15) is 28.8 Å². The molecule has 0 radical (unpaired) electrons. The van der Waals surface area contributed by atoms with Crippen LogP contribution in [0, 0.1) is 11.3 Å². The van der Waals surface area contributed by atoms with Gasteiger partial charge >= 0.3 is 17.9 Å². The fourth-order valence-electron chi connectivity index (χ4n) is 6.42. The SMILES string of the molecule is CC(=O)NC1C(OCCCCC(=O)NCCCCCC(=O)N2C[C@H](C)C[C@H]2CC(C)(C)C)OC(COC(C)=O)C(OC(C)=O)C1OC(C)=O. The third-order valence-electron chi connectivity index (χ3n) is 8.33. The molecule has 0 aliphatic carbocycles. The molecule has 2 rings (SSSR count). The Bertz CT molecular complexity index is 1120. The molecule has 0 bridgehead atoms. The van der Waals surface area contributed by atoms with E-state index in [2.05, 4.69) is 43.2 Å². The van der Waals surface area contributed by atoms with Gasteiger partial charge in [0, 0.05) is 66.3 Å². The monoisotopic (exact) mass is 697 g/mol. The van der Waals surface area contributed by atoms with Crippen LogP contribution in [0.25, 0.3) is 0 Å². The number of rotatable bonds is 18. The zero-order valence-corrected chi connectivity index (χ0v) is 30.7. The number of carbonyl (C=O) groups is 6. The van der Waals surface area contributed by atoms with Crippen LogP contribution in [0.4, 0.5) is 0 Å². The predicted octanol–water partition coefficient (Wildman–Crippen LogP) is 3.18. The first-order chi connectivity index (χ1) is 23.0. The summed E-state index contributed by atoms with van der Waals surface area (Å²) >= 11 is 0. The van der Waals surface area contributed by atoms with E-state index < -0.39 is 54.5 Å². The van der Waals surface area contributed by atoms with E-state index >= 15 is 0 Å². The third-order valence-corrected chi connectivity index (χ3v) is 8.33. The Morgan fingerprint density at radius 1 is 0.837 bits per heavy atom. The average molecular weight is 698 g/mol. The van der Waals surface area contributed by atoms with E-state index in [0.29, 0.717) is 37.8 Å². The molecule has 2 heterocycles. The molecule has 3 amide bonds. The van der Waals surface area contributed by atoms with Crippen molar-refractivity contribution in [3.05, 3.63) is 0 Å². The van der Waals surface area contributed by atoms with Gasteiger partial charge in [0.25, 0.3) is 0 Å². The van der Waals surface area contributed by atoms with Crippen LogP contribution in [0.3, 0.4) is 0 Å². The van der Waals surface area contributed by atoms with Crippen molar-refractivity contribution in [2.24, 2.45) is 11.3 Å². The normalized spacial score (nSPS) is 25.3. The highest BCUT2D eigenvalue weighted by molar-refractivity contribution is 5.77. The summed E-state index contributed by atoms with van der Waals surface area (Å²) in [5.74, 6) is -1.76. The number of hydrogen-bond acceptors (Lipinski definition) is 11. The van der Waals surface area contributed by atoms with Crippen molar-refractivity contribution in [1.29, 1.82) is 0 Å². The highest BCUT2D eigenvalue weighted by Gasteiger charge is 2.51. The minimum Gasteiger partial charge on any atom is -0.463 e. The van der Waals surface area contributed by atoms with Crippen LogP contribution in [0.15, 0.2) is 0 Å². The molecule has 280 valence electrons. The molecule has 14 nitrogen and oxygen atoms in total. The number of unbranched alkanes of at least 4 members (excludes halogenated alkanes) is 3. The van der Waals surface area contributed by atoms with Gasteiger partial charge in [-0.05, 0) is 49.9 Å². The molecular weight excluding hydrogens is 638 g/mol. The Hall–Kier alpha value is -3.26. The number of nitrogens with one attached hydrogen (secondary N) is 2. The van der Waals surface area contributed by atoms with Crippen LogP contribution >= 0.6 is 0 Å². The van der Waals surface area contributed by atoms with E-state index in [4.69, 9.17) is 23.7 Å². The number of esters is 3. The van der Waals surface area contributed by atoms with Crippen molar-refractivity contribution in [1.82, 2.24) is 15.5 Å². The predicted molar refractivity (Wildman–Crippen MR) is 179 cm³/mol. The summed E-state index contributed by atoms with van der Waals surface area (Å²) in [5, 5.41) is 5.58. The average Bonchev–Trinajstić information content (AvgIpc) is 3.33. The molecule has 0 spiro atoms. The Kier molecular flexibility index (Phi) is 17.5. The molecule has 2 saturated heterocycles. The number of likely N-dealkylation sites (tertiary alicyclic amines) is 1. The van der Waals surface area contributed by atoms with Crippen LogP contribution in [-0.4, -0.2) is 104 Å². The number of hydrogen-bond donors (Lipinski definition) is 2. The maximum Gasteiger partial charge on any atom is 0.303 e. The molecule has 0 saturated carbocycles. The largest absolute Gasteiger partial charge is 0.463 e. The van der Waals surface area contributed by atoms with Crippen molar-refractivity contribution in [3.63, 3.8) is 0 Å². The molecule has 14 heteroatoms. The molecular formula is C35H59N3O11. The smallest absolute Gasteiger partial charge is 0.303 e. The van der Waals surface area contributed by atoms with Gasteiger partial charge in [0.15, 0.2) is 18.5 Å². The fourth-order valence-corrected chi connectivity index (χ4v) is 6.42. The van der Waals surface area contributed by atoms with E-state index in [1.54, 1.807) is 0 Å². The van der Waals surface area contributed by atoms with Gasteiger partial charge in [-0.2, -0.15) is 0 Å². The summed E-state index contributed by atoms with van der Waals surface area (Å²) in [6, 6.07) is -0.718. The Morgan fingerprint density at radius 3 is 2.10 bits per heavy atom. The second kappa shape index (κ2) is 20.4. The van der Waals surface area contributed by atoms with Gasteiger partial charge in [0.1, 0.15) is 18.8 Å². The standard InChI is InChI=1S/C35H59N3O11/c1-22-18-27(19-35(6,7)8)38(20-22)30(44)15-10-9-12-16-36-29(43)14-11-13-17-45-34-31(37-23(2)39)33(48-26(5)42)32(47-25(4)41)28(49-34)21-46-24(3)40/h22,27-28,31-34H,9-21H2,1-8H3,(H,36,43)(H,37,39)/t22-,27+,28?,31?,32?,33?,34?/m1/s1. The van der Waals surface area contributed by atoms with E-state index in [-0.39, 0.29) is 36.9 Å². The van der Waals surface area contributed by atoms with Gasteiger partial charge in [-0.25, -0.2) is 0 Å². The molecule has 2 aliphatic heterocycles. The number of amides is 3. The third kappa shape index (κ3) is 15.9. The Balaban J connectivity index is 1.78. The zero-order valence-electron chi connectivity index (χ0n) is 30.7. The lowest BCUT2D eigenvalue weighted by Gasteiger charge is -2.44. The van der Waals surface area contributed by atoms with Gasteiger partial charge in [-0.3, -0.25) is 28.8 Å². The first kappa shape index (κ1) is 41.9. The summed E-state index contributed by atoms with van der Waals surface area (Å²) in [5.41, 5.74) is 0.184. The van der Waals surface area contributed by atoms with Crippen LogP contribution < -0.4 is 10.6 Å². The number of nitrogens with zero attached hydrogens (tertiary/aromatic N) is 1. The van der Waals surface area contributed by atoms with E-state index in [0.717, 1.165) is 38.6 Å². The summed E-state index contributed by atoms with van der Waals surface area (Å²) in [6.45, 7) is 14.9. The zero-order chi connectivity index (χ0) is 36.7. The molecule has 2 aliphatic rings. The maximum atomic E-state index is 12.9. The van der Waals surface area contributed by atoms with Gasteiger partial charge in [0.05, 0.1) is 0 Å². The fraction of sp³-hybridized carbons (Fsp3) is 0.829. The van der Waals surface area contributed by atoms with Gasteiger partial charge < -0.3 is 39.2 Å². The molecule has 2 N–H and O–H groups in total. The Morgan fingerprint density at radius 2 is 1.49 bits per heavy atom. The maximum absolute atomic E-state index is 12.9. The van der Waals surface area contributed by atoms with E-state index in [1.807, 2.05) is 0 Å². The molecule has 2 fully saturated rings. The lowest BCUT2D eigenvalue weighted by Crippen LogP contribution is -2.66. The quantitative estimate of drug-likeness (QED) is 0.122. The highest BCUT2D eigenvalue weighted by atomic mass is 16.7. The van der Waals surface area contributed by atoms with Crippen molar-refractivity contribution in [2.75, 3.05) is 26.3 Å². The summed E-state index contributed by atoms with van der Waals surface area (Å²) in [6.07, 6.45) is 1.76. The molecule has 0 aromatic heterocycles. The van der Waals surface area contributed by atoms with E-state index in [1.165, 1.54) is 27.7 Å². The Labute approximate surface area is 291 Å². The van der Waals surface area contributed by atoms with Gasteiger partial charge in [-0.1, -0.05) is 34.1 Å². The first-order valence-corrected chi connectivity index (χ1v) is 17.5. The summed E-state index contributed by atoms with van der Waals surface area (Å²) < 4.78 is 27.8. The second-order valence-electron chi connectivity index (χ2n) is 14.5. The van der Waals surface area contributed by atoms with Crippen LogP contribution in [0.5, 0.6) is 0 Å². The number of ether oxygens (including phenoxy) is 5. The van der Waals surface area contributed by atoms with Crippen molar-refractivity contribution in [3.8, 4) is 0 Å². The minimum atomic E-state index is -1.19. The molecule has 7 atom stereocenters. The van der Waals surface area contributed by atoms with Gasteiger partial charge in [0.2, 0.25) is 17.7 Å². The molecule has 49 heavy (non-hydrogen) atoms. The molecule has 0 aromatic carbocycles. The topological polar surface area (TPSA) is 176 Å². The highest BCUT2D eigenvalue weighted by Crippen LogP contribution is 2.33. The molecule has 5 unspecified atom stereocenters. The van der Waals surface area contributed by atoms with Crippen molar-refractivity contribution in [2.45, 2.75) is 150 Å².